The van der Waals surface area contributed by atoms with Crippen LogP contribution >= 0.6 is 12.2 Å². The van der Waals surface area contributed by atoms with Crippen molar-refractivity contribution < 1.29 is 18.7 Å². The molecule has 2 amide bonds. The lowest BCUT2D eigenvalue weighted by Crippen LogP contribution is -2.52. The Morgan fingerprint density at radius 3 is 2.19 bits per heavy atom. The van der Waals surface area contributed by atoms with Crippen LogP contribution in [-0.4, -0.2) is 40.8 Å². The van der Waals surface area contributed by atoms with E-state index in [-0.39, 0.29) is 23.1 Å². The van der Waals surface area contributed by atoms with Gasteiger partial charge in [-0.25, -0.2) is 4.39 Å². The number of rotatable bonds is 4. The molecule has 138 valence electrons. The minimum Gasteiger partial charge on any atom is -0.489 e. The van der Waals surface area contributed by atoms with Gasteiger partial charge in [0.15, 0.2) is 5.11 Å². The van der Waals surface area contributed by atoms with Crippen molar-refractivity contribution in [2.45, 2.75) is 6.61 Å². The maximum absolute atomic E-state index is 13.6. The molecule has 0 N–H and O–H groups in total. The molecule has 0 aliphatic carbocycles. The SMILES string of the molecule is CN1C(=O)C(=Cc2ccc(OCc3ccccc3F)cc2)C(=O)N(C)C1=S. The molecule has 1 saturated heterocycles. The lowest BCUT2D eigenvalue weighted by Gasteiger charge is -2.31. The van der Waals surface area contributed by atoms with E-state index in [1.165, 1.54) is 36.0 Å². The van der Waals surface area contributed by atoms with Crippen LogP contribution < -0.4 is 4.74 Å². The van der Waals surface area contributed by atoms with Crippen molar-refractivity contribution in [1.29, 1.82) is 0 Å². The first kappa shape index (κ1) is 18.7. The molecule has 0 aromatic heterocycles. The fraction of sp³-hybridized carbons (Fsp3) is 0.150. The van der Waals surface area contributed by atoms with E-state index >= 15 is 0 Å². The monoisotopic (exact) mass is 384 g/mol. The van der Waals surface area contributed by atoms with E-state index in [2.05, 4.69) is 0 Å². The molecule has 2 aromatic rings. The molecule has 0 bridgehead atoms. The molecule has 7 heteroatoms. The maximum Gasteiger partial charge on any atom is 0.265 e. The Bertz CT molecular complexity index is 914. The summed E-state index contributed by atoms with van der Waals surface area (Å²) >= 11 is 5.06. The van der Waals surface area contributed by atoms with Gasteiger partial charge in [0.05, 0.1) is 0 Å². The summed E-state index contributed by atoms with van der Waals surface area (Å²) in [5.74, 6) is -0.651. The topological polar surface area (TPSA) is 49.9 Å². The van der Waals surface area contributed by atoms with E-state index < -0.39 is 11.8 Å². The number of nitrogens with zero attached hydrogens (tertiary/aromatic N) is 2. The molecule has 0 spiro atoms. The molecule has 3 rings (SSSR count). The van der Waals surface area contributed by atoms with Crippen LogP contribution in [0.15, 0.2) is 54.1 Å². The fourth-order valence-electron chi connectivity index (χ4n) is 2.58. The number of carbonyl (C=O) groups is 2. The highest BCUT2D eigenvalue weighted by atomic mass is 32.1. The van der Waals surface area contributed by atoms with Crippen molar-refractivity contribution in [2.24, 2.45) is 0 Å². The number of benzene rings is 2. The zero-order valence-electron chi connectivity index (χ0n) is 14.8. The number of hydrogen-bond acceptors (Lipinski definition) is 4. The van der Waals surface area contributed by atoms with Gasteiger partial charge in [0.25, 0.3) is 11.8 Å². The van der Waals surface area contributed by atoms with Gasteiger partial charge in [0.1, 0.15) is 23.7 Å². The van der Waals surface area contributed by atoms with Gasteiger partial charge in [-0.3, -0.25) is 19.4 Å². The Balaban J connectivity index is 1.74. The third-order valence-corrected chi connectivity index (χ3v) is 4.73. The van der Waals surface area contributed by atoms with Crippen LogP contribution in [0.2, 0.25) is 0 Å². The minimum absolute atomic E-state index is 0.0358. The largest absolute Gasteiger partial charge is 0.489 e. The van der Waals surface area contributed by atoms with E-state index in [1.807, 2.05) is 0 Å². The summed E-state index contributed by atoms with van der Waals surface area (Å²) in [5.41, 5.74) is 1.16. The number of thiocarbonyl (C=S) groups is 1. The van der Waals surface area contributed by atoms with Crippen molar-refractivity contribution in [3.8, 4) is 5.75 Å². The van der Waals surface area contributed by atoms with Crippen LogP contribution in [0.5, 0.6) is 5.75 Å². The highest BCUT2D eigenvalue weighted by Crippen LogP contribution is 2.20. The van der Waals surface area contributed by atoms with Crippen LogP contribution in [0.25, 0.3) is 6.08 Å². The predicted octanol–water partition coefficient (Wildman–Crippen LogP) is 3.00. The molecule has 1 fully saturated rings. The lowest BCUT2D eigenvalue weighted by molar-refractivity contribution is -0.132. The summed E-state index contributed by atoms with van der Waals surface area (Å²) < 4.78 is 19.2. The van der Waals surface area contributed by atoms with Crippen molar-refractivity contribution in [1.82, 2.24) is 9.80 Å². The van der Waals surface area contributed by atoms with Gasteiger partial charge in [-0.1, -0.05) is 30.3 Å². The standard InChI is InChI=1S/C20H17FN2O3S/c1-22-18(24)16(19(25)23(2)20(22)27)11-13-7-9-15(10-8-13)26-12-14-5-3-4-6-17(14)21/h3-11H,12H2,1-2H3. The number of ether oxygens (including phenoxy) is 1. The van der Waals surface area contributed by atoms with Crippen LogP contribution in [0.1, 0.15) is 11.1 Å². The first-order valence-electron chi connectivity index (χ1n) is 8.16. The van der Waals surface area contributed by atoms with Gasteiger partial charge in [-0.2, -0.15) is 0 Å². The van der Waals surface area contributed by atoms with Crippen LogP contribution in [-0.2, 0) is 16.2 Å². The Morgan fingerprint density at radius 1 is 1.00 bits per heavy atom. The number of likely N-dealkylation sites (N-methyl/N-ethyl adjacent to an activating group) is 2. The minimum atomic E-state index is -0.442. The zero-order chi connectivity index (χ0) is 19.6. The highest BCUT2D eigenvalue weighted by Gasteiger charge is 2.35. The molecule has 1 aliphatic rings. The number of carbonyl (C=O) groups excluding carboxylic acids is 2. The van der Waals surface area contributed by atoms with Gasteiger partial charge in [0, 0.05) is 19.7 Å². The first-order chi connectivity index (χ1) is 12.9. The van der Waals surface area contributed by atoms with Gasteiger partial charge in [-0.15, -0.1) is 0 Å². The highest BCUT2D eigenvalue weighted by molar-refractivity contribution is 7.80. The van der Waals surface area contributed by atoms with Gasteiger partial charge in [-0.05, 0) is 42.1 Å². The smallest absolute Gasteiger partial charge is 0.265 e. The first-order valence-corrected chi connectivity index (χ1v) is 8.57. The Morgan fingerprint density at radius 2 is 1.59 bits per heavy atom. The van der Waals surface area contributed by atoms with Gasteiger partial charge in [0.2, 0.25) is 0 Å². The number of amides is 2. The Kier molecular flexibility index (Phi) is 5.32. The van der Waals surface area contributed by atoms with E-state index in [4.69, 9.17) is 17.0 Å². The fourth-order valence-corrected chi connectivity index (χ4v) is 2.74. The molecule has 2 aromatic carbocycles. The lowest BCUT2D eigenvalue weighted by atomic mass is 10.1. The summed E-state index contributed by atoms with van der Waals surface area (Å²) in [5, 5.41) is 0.166. The van der Waals surface area contributed by atoms with E-state index in [9.17, 15) is 14.0 Å². The van der Waals surface area contributed by atoms with Crippen molar-refractivity contribution >= 4 is 35.2 Å². The molecular weight excluding hydrogens is 367 g/mol. The second kappa shape index (κ2) is 7.67. The van der Waals surface area contributed by atoms with E-state index in [1.54, 1.807) is 42.5 Å². The summed E-state index contributed by atoms with van der Waals surface area (Å²) in [7, 11) is 3.06. The molecule has 1 aliphatic heterocycles. The second-order valence-electron chi connectivity index (χ2n) is 6.02. The third-order valence-electron chi connectivity index (χ3n) is 4.19. The second-order valence-corrected chi connectivity index (χ2v) is 6.38. The van der Waals surface area contributed by atoms with Crippen LogP contribution in [0.4, 0.5) is 4.39 Å². The molecule has 1 heterocycles. The summed E-state index contributed by atoms with van der Waals surface area (Å²) in [6.07, 6.45) is 1.51. The van der Waals surface area contributed by atoms with Gasteiger partial charge < -0.3 is 4.74 Å². The Labute approximate surface area is 161 Å². The van der Waals surface area contributed by atoms with Crippen molar-refractivity contribution in [3.05, 3.63) is 71.0 Å². The van der Waals surface area contributed by atoms with Crippen molar-refractivity contribution in [3.63, 3.8) is 0 Å². The Hall–Kier alpha value is -3.06. The quantitative estimate of drug-likeness (QED) is 0.462. The molecule has 0 radical (unpaired) electrons. The van der Waals surface area contributed by atoms with E-state index in [0.29, 0.717) is 16.9 Å². The summed E-state index contributed by atoms with van der Waals surface area (Å²) in [4.78, 5) is 27.2. The molecule has 0 atom stereocenters. The zero-order valence-corrected chi connectivity index (χ0v) is 15.6. The summed E-state index contributed by atoms with van der Waals surface area (Å²) in [6.45, 7) is 0.108. The normalized spacial score (nSPS) is 14.6. The molecule has 0 unspecified atom stereocenters. The third kappa shape index (κ3) is 3.88. The number of halogens is 1. The van der Waals surface area contributed by atoms with Gasteiger partial charge >= 0.3 is 0 Å². The molecule has 5 nitrogen and oxygen atoms in total. The molecule has 27 heavy (non-hydrogen) atoms. The predicted molar refractivity (Wildman–Crippen MR) is 103 cm³/mol. The summed E-state index contributed by atoms with van der Waals surface area (Å²) in [6, 6.07) is 13.2. The molecule has 0 saturated carbocycles. The number of hydrogen-bond donors (Lipinski definition) is 0. The van der Waals surface area contributed by atoms with E-state index in [0.717, 1.165) is 0 Å². The molecular formula is C20H17FN2O3S. The maximum atomic E-state index is 13.6. The van der Waals surface area contributed by atoms with Crippen LogP contribution in [0, 0.1) is 5.82 Å². The average Bonchev–Trinajstić information content (AvgIpc) is 2.68. The average molecular weight is 384 g/mol. The van der Waals surface area contributed by atoms with Crippen molar-refractivity contribution in [2.75, 3.05) is 14.1 Å². The van der Waals surface area contributed by atoms with Crippen LogP contribution in [0.3, 0.4) is 0 Å².